The average molecular weight is 270 g/mol. The van der Waals surface area contributed by atoms with Gasteiger partial charge in [-0.05, 0) is 43.7 Å². The van der Waals surface area contributed by atoms with Crippen molar-refractivity contribution in [3.05, 3.63) is 41.6 Å². The Hall–Kier alpha value is -2.14. The molecule has 4 nitrogen and oxygen atoms in total. The molecular weight excluding hydrogens is 256 g/mol. The van der Waals surface area contributed by atoms with Crippen molar-refractivity contribution in [3.8, 4) is 0 Å². The fourth-order valence-electron chi connectivity index (χ4n) is 1.84. The van der Waals surface area contributed by atoms with Crippen LogP contribution in [0.3, 0.4) is 0 Å². The van der Waals surface area contributed by atoms with Crippen LogP contribution in [0.25, 0.3) is 10.2 Å². The van der Waals surface area contributed by atoms with Crippen molar-refractivity contribution in [2.45, 2.75) is 13.8 Å². The molecule has 0 aliphatic rings. The molecule has 3 N–H and O–H groups in total. The lowest BCUT2D eigenvalue weighted by Gasteiger charge is -2.04. The van der Waals surface area contributed by atoms with Gasteiger partial charge in [0.1, 0.15) is 5.82 Å². The molecule has 0 atom stereocenters. The molecule has 0 unspecified atom stereocenters. The smallest absolute Gasteiger partial charge is 0.189 e. The summed E-state index contributed by atoms with van der Waals surface area (Å²) in [6.07, 6.45) is 0. The van der Waals surface area contributed by atoms with Crippen LogP contribution >= 0.6 is 11.3 Å². The van der Waals surface area contributed by atoms with Gasteiger partial charge in [0, 0.05) is 0 Å². The van der Waals surface area contributed by atoms with Crippen LogP contribution < -0.4 is 11.1 Å². The van der Waals surface area contributed by atoms with E-state index in [1.54, 1.807) is 11.3 Å². The Kier molecular flexibility index (Phi) is 2.83. The van der Waals surface area contributed by atoms with E-state index in [0.29, 0.717) is 5.69 Å². The second kappa shape index (κ2) is 4.51. The summed E-state index contributed by atoms with van der Waals surface area (Å²) in [6, 6.07) is 9.95. The van der Waals surface area contributed by atoms with Crippen LogP contribution in [0.4, 0.5) is 16.6 Å². The predicted octanol–water partition coefficient (Wildman–Crippen LogP) is 3.63. The normalized spacial score (nSPS) is 10.8. The summed E-state index contributed by atoms with van der Waals surface area (Å²) in [5.74, 6) is 0.766. The molecule has 1 aromatic carbocycles. The van der Waals surface area contributed by atoms with E-state index in [-0.39, 0.29) is 0 Å². The fourth-order valence-corrected chi connectivity index (χ4v) is 2.81. The fraction of sp³-hybridized carbons (Fsp3) is 0.143. The Morgan fingerprint density at radius 3 is 2.74 bits per heavy atom. The minimum absolute atomic E-state index is 0.700. The molecule has 0 amide bonds. The summed E-state index contributed by atoms with van der Waals surface area (Å²) in [4.78, 5) is 8.92. The number of anilines is 3. The topological polar surface area (TPSA) is 63.8 Å². The number of nitrogens with one attached hydrogen (secondary N) is 1. The zero-order valence-corrected chi connectivity index (χ0v) is 11.6. The van der Waals surface area contributed by atoms with Crippen molar-refractivity contribution < 1.29 is 0 Å². The Morgan fingerprint density at radius 1 is 1.11 bits per heavy atom. The van der Waals surface area contributed by atoms with Crippen LogP contribution in [0.15, 0.2) is 30.3 Å². The first-order valence-corrected chi connectivity index (χ1v) is 6.81. The summed E-state index contributed by atoms with van der Waals surface area (Å²) in [5.41, 5.74) is 9.52. The van der Waals surface area contributed by atoms with Gasteiger partial charge in [0.2, 0.25) is 0 Å². The van der Waals surface area contributed by atoms with Crippen molar-refractivity contribution >= 4 is 38.2 Å². The van der Waals surface area contributed by atoms with E-state index in [4.69, 9.17) is 5.73 Å². The molecule has 3 rings (SSSR count). The average Bonchev–Trinajstić information content (AvgIpc) is 2.75. The zero-order valence-electron chi connectivity index (χ0n) is 10.8. The number of benzene rings is 1. The van der Waals surface area contributed by atoms with Gasteiger partial charge in [-0.1, -0.05) is 17.4 Å². The van der Waals surface area contributed by atoms with Crippen LogP contribution in [0, 0.1) is 13.8 Å². The maximum Gasteiger partial charge on any atom is 0.189 e. The Balaban J connectivity index is 1.94. The van der Waals surface area contributed by atoms with Crippen molar-refractivity contribution in [1.82, 2.24) is 9.97 Å². The Morgan fingerprint density at radius 2 is 1.95 bits per heavy atom. The first kappa shape index (κ1) is 11.9. The number of nitrogens with zero attached hydrogens (tertiary/aromatic N) is 2. The van der Waals surface area contributed by atoms with Crippen LogP contribution in [0.5, 0.6) is 0 Å². The molecule has 2 aromatic heterocycles. The first-order valence-electron chi connectivity index (χ1n) is 5.99. The van der Waals surface area contributed by atoms with Gasteiger partial charge in [-0.25, -0.2) is 9.97 Å². The van der Waals surface area contributed by atoms with E-state index >= 15 is 0 Å². The van der Waals surface area contributed by atoms with Gasteiger partial charge in [-0.2, -0.15) is 0 Å². The lowest BCUT2D eigenvalue weighted by Crippen LogP contribution is -1.97. The number of nitrogen functional groups attached to an aromatic ring is 1. The summed E-state index contributed by atoms with van der Waals surface area (Å²) in [7, 11) is 0. The molecular formula is C14H14N4S. The summed E-state index contributed by atoms with van der Waals surface area (Å²) >= 11 is 1.62. The van der Waals surface area contributed by atoms with Crippen LogP contribution in [0.1, 0.15) is 11.3 Å². The number of thiazole rings is 1. The van der Waals surface area contributed by atoms with Crippen molar-refractivity contribution in [2.75, 3.05) is 11.1 Å². The van der Waals surface area contributed by atoms with Gasteiger partial charge in [0.05, 0.1) is 21.6 Å². The Labute approximate surface area is 115 Å². The number of fused-ring (bicyclic) bond motifs is 1. The molecule has 96 valence electrons. The summed E-state index contributed by atoms with van der Waals surface area (Å²) in [5, 5.41) is 4.07. The molecule has 19 heavy (non-hydrogen) atoms. The number of aryl methyl sites for hydroxylation is 2. The molecule has 0 spiro atoms. The molecule has 5 heteroatoms. The highest BCUT2D eigenvalue weighted by Gasteiger charge is 2.05. The maximum atomic E-state index is 5.76. The molecule has 0 aliphatic heterocycles. The molecule has 0 radical (unpaired) electrons. The number of hydrogen-bond donors (Lipinski definition) is 2. The molecule has 2 heterocycles. The monoisotopic (exact) mass is 270 g/mol. The van der Waals surface area contributed by atoms with E-state index in [0.717, 1.165) is 22.2 Å². The lowest BCUT2D eigenvalue weighted by atomic mass is 10.2. The summed E-state index contributed by atoms with van der Waals surface area (Å²) in [6.45, 7) is 3.97. The minimum Gasteiger partial charge on any atom is -0.397 e. The van der Waals surface area contributed by atoms with Crippen LogP contribution in [0.2, 0.25) is 0 Å². The Bertz CT molecular complexity index is 748. The minimum atomic E-state index is 0.700. The van der Waals surface area contributed by atoms with Crippen molar-refractivity contribution in [2.24, 2.45) is 0 Å². The number of pyridine rings is 1. The number of nitrogens with two attached hydrogens (primary N) is 1. The third-order valence-corrected chi connectivity index (χ3v) is 3.84. The van der Waals surface area contributed by atoms with Gasteiger partial charge in [-0.3, -0.25) is 0 Å². The third kappa shape index (κ3) is 2.37. The molecule has 0 saturated heterocycles. The highest BCUT2D eigenvalue weighted by atomic mass is 32.1. The van der Waals surface area contributed by atoms with Gasteiger partial charge >= 0.3 is 0 Å². The van der Waals surface area contributed by atoms with E-state index in [1.807, 2.05) is 25.1 Å². The second-order valence-electron chi connectivity index (χ2n) is 4.49. The number of hydrogen-bond acceptors (Lipinski definition) is 5. The van der Waals surface area contributed by atoms with Crippen LogP contribution in [-0.2, 0) is 0 Å². The third-order valence-electron chi connectivity index (χ3n) is 2.91. The van der Waals surface area contributed by atoms with E-state index in [2.05, 4.69) is 34.3 Å². The molecule has 3 aromatic rings. The second-order valence-corrected chi connectivity index (χ2v) is 5.52. The van der Waals surface area contributed by atoms with E-state index in [1.165, 1.54) is 10.3 Å². The van der Waals surface area contributed by atoms with Gasteiger partial charge < -0.3 is 11.1 Å². The predicted molar refractivity (Wildman–Crippen MR) is 81.0 cm³/mol. The number of rotatable bonds is 2. The maximum absolute atomic E-state index is 5.76. The van der Waals surface area contributed by atoms with Crippen molar-refractivity contribution in [3.63, 3.8) is 0 Å². The molecule has 0 bridgehead atoms. The largest absolute Gasteiger partial charge is 0.397 e. The van der Waals surface area contributed by atoms with E-state index < -0.39 is 0 Å². The van der Waals surface area contributed by atoms with Crippen LogP contribution in [-0.4, -0.2) is 9.97 Å². The highest BCUT2D eigenvalue weighted by molar-refractivity contribution is 7.22. The molecule has 0 aliphatic carbocycles. The standard InChI is InChI=1S/C14H14N4S/c1-8-3-5-11-12(7-8)19-14(17-11)18-13-6-4-10(15)9(2)16-13/h3-7H,15H2,1-2H3,(H,16,17,18). The quantitative estimate of drug-likeness (QED) is 0.746. The van der Waals surface area contributed by atoms with Gasteiger partial charge in [0.15, 0.2) is 5.13 Å². The SMILES string of the molecule is Cc1ccc2nc(Nc3ccc(N)c(C)n3)sc2c1. The first-order chi connectivity index (χ1) is 9.11. The van der Waals surface area contributed by atoms with Gasteiger partial charge in [-0.15, -0.1) is 0 Å². The summed E-state index contributed by atoms with van der Waals surface area (Å²) < 4.78 is 1.18. The molecule has 0 saturated carbocycles. The van der Waals surface area contributed by atoms with Crippen molar-refractivity contribution in [1.29, 1.82) is 0 Å². The van der Waals surface area contributed by atoms with E-state index in [9.17, 15) is 0 Å². The number of aromatic nitrogens is 2. The zero-order chi connectivity index (χ0) is 13.4. The van der Waals surface area contributed by atoms with Gasteiger partial charge in [0.25, 0.3) is 0 Å². The lowest BCUT2D eigenvalue weighted by molar-refractivity contribution is 1.20. The highest BCUT2D eigenvalue weighted by Crippen LogP contribution is 2.28. The molecule has 0 fully saturated rings.